The van der Waals surface area contributed by atoms with Crippen LogP contribution in [0.1, 0.15) is 48.9 Å². The van der Waals surface area contributed by atoms with E-state index in [0.29, 0.717) is 11.8 Å². The molecule has 1 aromatic heterocycles. The van der Waals surface area contributed by atoms with E-state index in [0.717, 1.165) is 37.3 Å². The van der Waals surface area contributed by atoms with Crippen molar-refractivity contribution >= 4 is 17.7 Å². The van der Waals surface area contributed by atoms with Crippen LogP contribution in [0, 0.1) is 0 Å². The molecule has 0 aliphatic heterocycles. The van der Waals surface area contributed by atoms with Crippen LogP contribution in [0.2, 0.25) is 0 Å². The first kappa shape index (κ1) is 15.6. The molecule has 6 nitrogen and oxygen atoms in total. The Labute approximate surface area is 145 Å². The highest BCUT2D eigenvalue weighted by molar-refractivity contribution is 7.99. The average Bonchev–Trinajstić information content (AvgIpc) is 3.36. The second-order valence-corrected chi connectivity index (χ2v) is 7.48. The van der Waals surface area contributed by atoms with Crippen molar-refractivity contribution in [1.82, 2.24) is 25.1 Å². The van der Waals surface area contributed by atoms with Gasteiger partial charge in [0.15, 0.2) is 0 Å². The van der Waals surface area contributed by atoms with Gasteiger partial charge in [-0.15, -0.1) is 5.10 Å². The number of tetrazole rings is 1. The number of benzene rings is 1. The van der Waals surface area contributed by atoms with Gasteiger partial charge in [-0.05, 0) is 53.7 Å². The van der Waals surface area contributed by atoms with Crippen molar-refractivity contribution in [1.29, 1.82) is 0 Å². The van der Waals surface area contributed by atoms with Crippen LogP contribution >= 0.6 is 11.8 Å². The van der Waals surface area contributed by atoms with Crippen molar-refractivity contribution in [3.05, 3.63) is 35.4 Å². The summed E-state index contributed by atoms with van der Waals surface area (Å²) in [5, 5.41) is 12.6. The first-order chi connectivity index (χ1) is 11.7. The molecule has 2 aliphatic carbocycles. The lowest BCUT2D eigenvalue weighted by atomic mass is 9.87. The molecule has 1 atom stereocenters. The molecule has 24 heavy (non-hydrogen) atoms. The highest BCUT2D eigenvalue weighted by Gasteiger charge is 2.29. The highest BCUT2D eigenvalue weighted by atomic mass is 32.2. The number of amides is 1. The predicted molar refractivity (Wildman–Crippen MR) is 91.7 cm³/mol. The number of fused-ring (bicyclic) bond motifs is 1. The van der Waals surface area contributed by atoms with Crippen molar-refractivity contribution in [3.8, 4) is 0 Å². The largest absolute Gasteiger partial charge is 0.338 e. The number of aromatic nitrogens is 4. The van der Waals surface area contributed by atoms with Gasteiger partial charge < -0.3 is 4.90 Å². The van der Waals surface area contributed by atoms with Crippen LogP contribution in [0.15, 0.2) is 29.4 Å². The van der Waals surface area contributed by atoms with E-state index in [9.17, 15) is 4.79 Å². The standard InChI is InChI=1S/C17H21N5OS/c1-21(15-8-4-6-12-5-2-3-7-14(12)15)16(23)11-24-17-18-19-20-22(17)13-9-10-13/h2-3,5,7,13,15H,4,6,8-11H2,1H3/t15-/m0/s1. The number of nitrogens with zero attached hydrogens (tertiary/aromatic N) is 5. The van der Waals surface area contributed by atoms with Gasteiger partial charge in [-0.25, -0.2) is 4.68 Å². The highest BCUT2D eigenvalue weighted by Crippen LogP contribution is 2.37. The summed E-state index contributed by atoms with van der Waals surface area (Å²) in [5.74, 6) is 0.509. The Morgan fingerprint density at radius 2 is 2.17 bits per heavy atom. The molecule has 4 rings (SSSR count). The fourth-order valence-corrected chi connectivity index (χ4v) is 4.23. The predicted octanol–water partition coefficient (Wildman–Crippen LogP) is 2.64. The van der Waals surface area contributed by atoms with Crippen LogP contribution in [-0.2, 0) is 11.2 Å². The molecule has 0 bridgehead atoms. The van der Waals surface area contributed by atoms with Gasteiger partial charge in [0.2, 0.25) is 11.1 Å². The van der Waals surface area contributed by atoms with Crippen molar-refractivity contribution in [2.75, 3.05) is 12.8 Å². The Morgan fingerprint density at radius 3 is 3.00 bits per heavy atom. The summed E-state index contributed by atoms with van der Waals surface area (Å²) in [5.41, 5.74) is 2.67. The molecular weight excluding hydrogens is 322 g/mol. The van der Waals surface area contributed by atoms with Crippen molar-refractivity contribution in [2.45, 2.75) is 49.3 Å². The van der Waals surface area contributed by atoms with E-state index in [2.05, 4.69) is 39.8 Å². The third-order valence-electron chi connectivity index (χ3n) is 4.88. The maximum atomic E-state index is 12.7. The zero-order chi connectivity index (χ0) is 16.5. The van der Waals surface area contributed by atoms with E-state index in [1.807, 2.05) is 16.6 Å². The molecule has 1 heterocycles. The molecule has 0 radical (unpaired) electrons. The third-order valence-corrected chi connectivity index (χ3v) is 5.80. The summed E-state index contributed by atoms with van der Waals surface area (Å²) in [7, 11) is 1.92. The molecule has 2 aliphatic rings. The van der Waals surface area contributed by atoms with Gasteiger partial charge >= 0.3 is 0 Å². The first-order valence-corrected chi connectivity index (χ1v) is 9.46. The van der Waals surface area contributed by atoms with Gasteiger partial charge in [-0.3, -0.25) is 4.79 Å². The number of aryl methyl sites for hydroxylation is 1. The number of hydrogen-bond donors (Lipinski definition) is 0. The van der Waals surface area contributed by atoms with Crippen LogP contribution in [0.25, 0.3) is 0 Å². The lowest BCUT2D eigenvalue weighted by molar-refractivity contribution is -0.129. The number of thioether (sulfide) groups is 1. The summed E-state index contributed by atoms with van der Waals surface area (Å²) in [6, 6.07) is 9.09. The molecule has 1 aromatic carbocycles. The normalized spacial score (nSPS) is 19.8. The van der Waals surface area contributed by atoms with E-state index >= 15 is 0 Å². The Morgan fingerprint density at radius 1 is 1.33 bits per heavy atom. The summed E-state index contributed by atoms with van der Waals surface area (Å²) in [6.45, 7) is 0. The van der Waals surface area contributed by atoms with E-state index in [-0.39, 0.29) is 11.9 Å². The monoisotopic (exact) mass is 343 g/mol. The first-order valence-electron chi connectivity index (χ1n) is 8.48. The van der Waals surface area contributed by atoms with E-state index < -0.39 is 0 Å². The lowest BCUT2D eigenvalue weighted by Crippen LogP contribution is -2.34. The van der Waals surface area contributed by atoms with Crippen molar-refractivity contribution < 1.29 is 4.79 Å². The molecule has 1 saturated carbocycles. The maximum absolute atomic E-state index is 12.7. The molecule has 7 heteroatoms. The Kier molecular flexibility index (Phi) is 4.26. The molecule has 0 N–H and O–H groups in total. The fourth-order valence-electron chi connectivity index (χ4n) is 3.36. The molecule has 1 amide bonds. The Hall–Kier alpha value is -1.89. The minimum atomic E-state index is 0.132. The van der Waals surface area contributed by atoms with Gasteiger partial charge in [0.05, 0.1) is 17.8 Å². The quantitative estimate of drug-likeness (QED) is 0.781. The van der Waals surface area contributed by atoms with E-state index in [1.165, 1.54) is 22.9 Å². The number of carbonyl (C=O) groups is 1. The van der Waals surface area contributed by atoms with Gasteiger partial charge in [0.25, 0.3) is 0 Å². The van der Waals surface area contributed by atoms with Crippen LogP contribution < -0.4 is 0 Å². The third kappa shape index (κ3) is 3.05. The van der Waals surface area contributed by atoms with Crippen molar-refractivity contribution in [2.24, 2.45) is 0 Å². The SMILES string of the molecule is CN(C(=O)CSc1nnnn1C1CC1)[C@H]1CCCc2ccccc21. The number of hydrogen-bond acceptors (Lipinski definition) is 5. The zero-order valence-electron chi connectivity index (χ0n) is 13.8. The van der Waals surface area contributed by atoms with Gasteiger partial charge in [0.1, 0.15) is 0 Å². The minimum absolute atomic E-state index is 0.132. The number of rotatable bonds is 5. The fraction of sp³-hybridized carbons (Fsp3) is 0.529. The zero-order valence-corrected chi connectivity index (χ0v) is 14.6. The molecule has 1 fully saturated rings. The van der Waals surface area contributed by atoms with Gasteiger partial charge in [0, 0.05) is 7.05 Å². The molecule has 0 unspecified atom stereocenters. The van der Waals surface area contributed by atoms with Gasteiger partial charge in [-0.1, -0.05) is 36.0 Å². The lowest BCUT2D eigenvalue weighted by Gasteiger charge is -2.33. The second-order valence-electron chi connectivity index (χ2n) is 6.54. The second kappa shape index (κ2) is 6.55. The van der Waals surface area contributed by atoms with E-state index in [4.69, 9.17) is 0 Å². The summed E-state index contributed by atoms with van der Waals surface area (Å²) >= 11 is 1.44. The smallest absolute Gasteiger partial charge is 0.233 e. The van der Waals surface area contributed by atoms with Gasteiger partial charge in [-0.2, -0.15) is 0 Å². The minimum Gasteiger partial charge on any atom is -0.338 e. The molecule has 2 aromatic rings. The van der Waals surface area contributed by atoms with Crippen molar-refractivity contribution in [3.63, 3.8) is 0 Å². The topological polar surface area (TPSA) is 63.9 Å². The summed E-state index contributed by atoms with van der Waals surface area (Å²) in [4.78, 5) is 14.6. The average molecular weight is 343 g/mol. The van der Waals surface area contributed by atoms with Crippen LogP contribution in [0.3, 0.4) is 0 Å². The maximum Gasteiger partial charge on any atom is 0.233 e. The Bertz CT molecular complexity index is 742. The molecular formula is C17H21N5OS. The van der Waals surface area contributed by atoms with Crippen LogP contribution in [0.5, 0.6) is 0 Å². The van der Waals surface area contributed by atoms with Crippen LogP contribution in [-0.4, -0.2) is 43.8 Å². The summed E-state index contributed by atoms with van der Waals surface area (Å²) in [6.07, 6.45) is 5.53. The Balaban J connectivity index is 1.42. The number of carbonyl (C=O) groups excluding carboxylic acids is 1. The molecule has 126 valence electrons. The summed E-state index contributed by atoms with van der Waals surface area (Å²) < 4.78 is 1.86. The molecule has 0 spiro atoms. The van der Waals surface area contributed by atoms with Crippen LogP contribution in [0.4, 0.5) is 0 Å². The molecule has 0 saturated heterocycles. The van der Waals surface area contributed by atoms with E-state index in [1.54, 1.807) is 0 Å².